The Kier molecular flexibility index (Phi) is 7.25. The maximum Gasteiger partial charge on any atom is 0.305 e. The number of amides is 1. The predicted octanol–water partition coefficient (Wildman–Crippen LogP) is 2.30. The summed E-state index contributed by atoms with van der Waals surface area (Å²) >= 11 is 0. The molecule has 3 N–H and O–H groups in total. The van der Waals surface area contributed by atoms with Crippen LogP contribution in [0.25, 0.3) is 0 Å². The molecule has 0 spiro atoms. The molecule has 0 radical (unpaired) electrons. The topological polar surface area (TPSA) is 90.6 Å². The first kappa shape index (κ1) is 19.2. The molecular weight excluding hydrogens is 320 g/mol. The molecule has 1 aromatic carbocycles. The highest BCUT2D eigenvalue weighted by Gasteiger charge is 2.34. The number of nitrogens with one attached hydrogen (secondary N) is 1. The van der Waals surface area contributed by atoms with Gasteiger partial charge in [0.05, 0.1) is 19.3 Å². The van der Waals surface area contributed by atoms with E-state index in [4.69, 9.17) is 10.5 Å². The third-order valence-corrected chi connectivity index (χ3v) is 4.60. The molecule has 6 nitrogen and oxygen atoms in total. The van der Waals surface area contributed by atoms with E-state index in [2.05, 4.69) is 10.1 Å². The zero-order chi connectivity index (χ0) is 18.1. The van der Waals surface area contributed by atoms with Crippen molar-refractivity contribution in [3.05, 3.63) is 29.8 Å². The first-order valence-corrected chi connectivity index (χ1v) is 8.89. The summed E-state index contributed by atoms with van der Waals surface area (Å²) in [6, 6.07) is 7.55. The van der Waals surface area contributed by atoms with Gasteiger partial charge in [0.15, 0.2) is 0 Å². The second-order valence-electron chi connectivity index (χ2n) is 6.57. The lowest BCUT2D eigenvalue weighted by atomic mass is 9.82. The highest BCUT2D eigenvalue weighted by atomic mass is 16.5. The Morgan fingerprint density at radius 2 is 1.84 bits per heavy atom. The molecular formula is C19H28N2O4. The van der Waals surface area contributed by atoms with Crippen LogP contribution in [0.3, 0.4) is 0 Å². The van der Waals surface area contributed by atoms with Gasteiger partial charge < -0.3 is 20.5 Å². The number of esters is 1. The van der Waals surface area contributed by atoms with Crippen LogP contribution in [0.1, 0.15) is 50.5 Å². The molecule has 1 aromatic rings. The van der Waals surface area contributed by atoms with Crippen molar-refractivity contribution in [3.8, 4) is 5.75 Å². The molecule has 0 aliphatic heterocycles. The smallest absolute Gasteiger partial charge is 0.305 e. The van der Waals surface area contributed by atoms with Gasteiger partial charge in [0.25, 0.3) is 0 Å². The Morgan fingerprint density at radius 1 is 1.16 bits per heavy atom. The fourth-order valence-electron chi connectivity index (χ4n) is 2.98. The van der Waals surface area contributed by atoms with Gasteiger partial charge in [-0.05, 0) is 37.0 Å². The number of hydrogen-bond acceptors (Lipinski definition) is 5. The van der Waals surface area contributed by atoms with Crippen LogP contribution >= 0.6 is 0 Å². The molecule has 1 aliphatic rings. The molecule has 138 valence electrons. The van der Waals surface area contributed by atoms with E-state index in [0.717, 1.165) is 43.4 Å². The van der Waals surface area contributed by atoms with Crippen molar-refractivity contribution in [1.82, 2.24) is 5.32 Å². The highest BCUT2D eigenvalue weighted by Crippen LogP contribution is 2.26. The maximum absolute atomic E-state index is 12.3. The first-order chi connectivity index (χ1) is 12.0. The van der Waals surface area contributed by atoms with Gasteiger partial charge in [0.2, 0.25) is 5.91 Å². The standard InChI is InChI=1S/C19H28N2O4/c1-24-17(22)6-5-13-25-16-9-7-15(8-10-16)14-21-18(23)19(20)11-3-2-4-12-19/h7-10H,2-6,11-14,20H2,1H3,(H,21,23). The molecule has 0 heterocycles. The summed E-state index contributed by atoms with van der Waals surface area (Å²) in [5.41, 5.74) is 6.51. The summed E-state index contributed by atoms with van der Waals surface area (Å²) in [6.45, 7) is 0.918. The summed E-state index contributed by atoms with van der Waals surface area (Å²) in [6.07, 6.45) is 5.68. The van der Waals surface area contributed by atoms with Gasteiger partial charge in [0.1, 0.15) is 5.75 Å². The quantitative estimate of drug-likeness (QED) is 0.556. The molecule has 1 amide bonds. The molecule has 1 fully saturated rings. The summed E-state index contributed by atoms with van der Waals surface area (Å²) in [5.74, 6) is 0.447. The first-order valence-electron chi connectivity index (χ1n) is 8.89. The fraction of sp³-hybridized carbons (Fsp3) is 0.579. The third kappa shape index (κ3) is 6.05. The maximum atomic E-state index is 12.3. The molecule has 0 aromatic heterocycles. The van der Waals surface area contributed by atoms with Crippen LogP contribution in [-0.4, -0.2) is 31.1 Å². The van der Waals surface area contributed by atoms with Gasteiger partial charge in [-0.2, -0.15) is 0 Å². The molecule has 1 saturated carbocycles. The van der Waals surface area contributed by atoms with Crippen molar-refractivity contribution < 1.29 is 19.1 Å². The molecule has 2 rings (SSSR count). The largest absolute Gasteiger partial charge is 0.494 e. The van der Waals surface area contributed by atoms with Crippen LogP contribution in [0.15, 0.2) is 24.3 Å². The van der Waals surface area contributed by atoms with E-state index in [1.807, 2.05) is 24.3 Å². The number of nitrogens with two attached hydrogens (primary N) is 1. The zero-order valence-corrected chi connectivity index (χ0v) is 14.9. The SMILES string of the molecule is COC(=O)CCCOc1ccc(CNC(=O)C2(N)CCCCC2)cc1. The van der Waals surface area contributed by atoms with Crippen LogP contribution in [0, 0.1) is 0 Å². The Morgan fingerprint density at radius 3 is 2.48 bits per heavy atom. The number of carbonyl (C=O) groups is 2. The van der Waals surface area contributed by atoms with Crippen LogP contribution in [0.4, 0.5) is 0 Å². The highest BCUT2D eigenvalue weighted by molar-refractivity contribution is 5.86. The minimum absolute atomic E-state index is 0.0599. The van der Waals surface area contributed by atoms with Crippen molar-refractivity contribution in [1.29, 1.82) is 0 Å². The van der Waals surface area contributed by atoms with Crippen molar-refractivity contribution in [2.45, 2.75) is 57.0 Å². The monoisotopic (exact) mass is 348 g/mol. The van der Waals surface area contributed by atoms with E-state index >= 15 is 0 Å². The van der Waals surface area contributed by atoms with Gasteiger partial charge in [-0.25, -0.2) is 0 Å². The number of methoxy groups -OCH3 is 1. The third-order valence-electron chi connectivity index (χ3n) is 4.60. The number of benzene rings is 1. The van der Waals surface area contributed by atoms with Crippen LogP contribution in [0.2, 0.25) is 0 Å². The summed E-state index contributed by atoms with van der Waals surface area (Å²) in [7, 11) is 1.38. The fourth-order valence-corrected chi connectivity index (χ4v) is 2.98. The van der Waals surface area contributed by atoms with Gasteiger partial charge >= 0.3 is 5.97 Å². The Labute approximate surface area is 149 Å². The van der Waals surface area contributed by atoms with E-state index in [-0.39, 0.29) is 11.9 Å². The van der Waals surface area contributed by atoms with Gasteiger partial charge in [-0.3, -0.25) is 9.59 Å². The normalized spacial score (nSPS) is 16.1. The van der Waals surface area contributed by atoms with Crippen LogP contribution in [-0.2, 0) is 20.9 Å². The van der Waals surface area contributed by atoms with Gasteiger partial charge in [0, 0.05) is 13.0 Å². The molecule has 6 heteroatoms. The lowest BCUT2D eigenvalue weighted by Gasteiger charge is -2.31. The van der Waals surface area contributed by atoms with E-state index in [1.165, 1.54) is 7.11 Å². The van der Waals surface area contributed by atoms with Crippen molar-refractivity contribution in [2.75, 3.05) is 13.7 Å². The Bertz CT molecular complexity index is 565. The number of hydrogen-bond donors (Lipinski definition) is 2. The van der Waals surface area contributed by atoms with E-state index < -0.39 is 5.54 Å². The molecule has 0 atom stereocenters. The molecule has 25 heavy (non-hydrogen) atoms. The average Bonchev–Trinajstić information content (AvgIpc) is 2.64. The number of rotatable bonds is 8. The summed E-state index contributed by atoms with van der Waals surface area (Å²) < 4.78 is 10.2. The summed E-state index contributed by atoms with van der Waals surface area (Å²) in [4.78, 5) is 23.3. The lowest BCUT2D eigenvalue weighted by molar-refractivity contribution is -0.140. The second kappa shape index (κ2) is 9.42. The lowest BCUT2D eigenvalue weighted by Crippen LogP contribution is -2.54. The average molecular weight is 348 g/mol. The minimum Gasteiger partial charge on any atom is -0.494 e. The number of ether oxygens (including phenoxy) is 2. The number of carbonyl (C=O) groups excluding carboxylic acids is 2. The molecule has 1 aliphatic carbocycles. The van der Waals surface area contributed by atoms with Crippen molar-refractivity contribution in [2.24, 2.45) is 5.73 Å². The Hall–Kier alpha value is -2.08. The summed E-state index contributed by atoms with van der Waals surface area (Å²) in [5, 5.41) is 2.94. The molecule has 0 unspecified atom stereocenters. The van der Waals surface area contributed by atoms with E-state index in [0.29, 0.717) is 26.0 Å². The van der Waals surface area contributed by atoms with Crippen LogP contribution < -0.4 is 15.8 Å². The van der Waals surface area contributed by atoms with Crippen molar-refractivity contribution in [3.63, 3.8) is 0 Å². The minimum atomic E-state index is -0.707. The molecule has 0 saturated heterocycles. The van der Waals surface area contributed by atoms with Gasteiger partial charge in [-0.1, -0.05) is 31.4 Å². The second-order valence-corrected chi connectivity index (χ2v) is 6.57. The Balaban J connectivity index is 1.72. The molecule has 0 bridgehead atoms. The zero-order valence-electron chi connectivity index (χ0n) is 14.9. The predicted molar refractivity (Wildman–Crippen MR) is 95.0 cm³/mol. The van der Waals surface area contributed by atoms with Crippen LogP contribution in [0.5, 0.6) is 5.75 Å². The van der Waals surface area contributed by atoms with Crippen molar-refractivity contribution >= 4 is 11.9 Å². The van der Waals surface area contributed by atoms with E-state index in [9.17, 15) is 9.59 Å². The van der Waals surface area contributed by atoms with E-state index in [1.54, 1.807) is 0 Å². The van der Waals surface area contributed by atoms with Gasteiger partial charge in [-0.15, -0.1) is 0 Å².